The third-order valence-corrected chi connectivity index (χ3v) is 5.75. The average molecular weight is 429 g/mol. The highest BCUT2D eigenvalue weighted by atomic mass is 16.2. The maximum absolute atomic E-state index is 12.7. The van der Waals surface area contributed by atoms with E-state index in [-0.39, 0.29) is 0 Å². The van der Waals surface area contributed by atoms with Gasteiger partial charge < -0.3 is 5.32 Å². The first-order chi connectivity index (χ1) is 16.1. The number of carbonyl (C=O) groups excluding carboxylic acids is 2. The van der Waals surface area contributed by atoms with E-state index in [0.717, 1.165) is 33.2 Å². The first kappa shape index (κ1) is 20.2. The number of carbonyl (C=O) groups is 2. The van der Waals surface area contributed by atoms with Crippen molar-refractivity contribution in [3.63, 3.8) is 0 Å². The molecule has 5 rings (SSSR count). The number of hydrogen-bond acceptors (Lipinski definition) is 4. The van der Waals surface area contributed by atoms with E-state index in [1.807, 2.05) is 60.7 Å². The fraction of sp³-hybridized carbons (Fsp3) is 0.0357. The summed E-state index contributed by atoms with van der Waals surface area (Å²) in [6.45, 7) is 0. The van der Waals surface area contributed by atoms with Crippen molar-refractivity contribution >= 4 is 33.8 Å². The maximum Gasteiger partial charge on any atom is 0.260 e. The fourth-order valence-corrected chi connectivity index (χ4v) is 4.08. The molecule has 1 heterocycles. The largest absolute Gasteiger partial charge is 0.361 e. The highest BCUT2D eigenvalue weighted by molar-refractivity contribution is 6.31. The second-order valence-electron chi connectivity index (χ2n) is 7.80. The normalized spacial score (nSPS) is 14.0. The Balaban J connectivity index is 1.56. The van der Waals surface area contributed by atoms with Crippen molar-refractivity contribution in [2.24, 2.45) is 0 Å². The standard InChI is InChI=1S/C28H19N3O2/c29-15-14-18-8-11-21(12-9-18)30-17-26-25-16-20(10-13-24(25)27(32)31-28(26)33)23-7-3-5-19-4-1-2-6-22(19)23/h1-13,16-17,30H,14H2,(H,31,32,33)/b26-17-. The van der Waals surface area contributed by atoms with Crippen molar-refractivity contribution in [2.75, 3.05) is 5.32 Å². The van der Waals surface area contributed by atoms with Crippen LogP contribution in [0, 0.1) is 11.3 Å². The number of benzene rings is 4. The van der Waals surface area contributed by atoms with Gasteiger partial charge in [-0.05, 0) is 51.7 Å². The third-order valence-electron chi connectivity index (χ3n) is 5.75. The van der Waals surface area contributed by atoms with Crippen LogP contribution in [0.3, 0.4) is 0 Å². The van der Waals surface area contributed by atoms with Gasteiger partial charge in [0.25, 0.3) is 11.8 Å². The number of nitrogens with one attached hydrogen (secondary N) is 2. The average Bonchev–Trinajstić information content (AvgIpc) is 2.84. The van der Waals surface area contributed by atoms with E-state index >= 15 is 0 Å². The highest BCUT2D eigenvalue weighted by Crippen LogP contribution is 2.33. The number of hydrogen-bond donors (Lipinski definition) is 2. The molecule has 0 saturated carbocycles. The topological polar surface area (TPSA) is 82.0 Å². The van der Waals surface area contributed by atoms with Crippen LogP contribution in [0.5, 0.6) is 0 Å². The monoisotopic (exact) mass is 429 g/mol. The van der Waals surface area contributed by atoms with Crippen molar-refractivity contribution in [2.45, 2.75) is 6.42 Å². The molecule has 5 heteroatoms. The summed E-state index contributed by atoms with van der Waals surface area (Å²) in [6.07, 6.45) is 1.96. The van der Waals surface area contributed by atoms with Crippen LogP contribution in [0.15, 0.2) is 91.1 Å². The van der Waals surface area contributed by atoms with Gasteiger partial charge in [-0.2, -0.15) is 5.26 Å². The molecule has 0 bridgehead atoms. The van der Waals surface area contributed by atoms with Gasteiger partial charge >= 0.3 is 0 Å². The second kappa shape index (κ2) is 8.45. The van der Waals surface area contributed by atoms with Gasteiger partial charge in [0, 0.05) is 23.0 Å². The zero-order valence-corrected chi connectivity index (χ0v) is 17.6. The van der Waals surface area contributed by atoms with Gasteiger partial charge in [0.2, 0.25) is 0 Å². The van der Waals surface area contributed by atoms with E-state index in [9.17, 15) is 9.59 Å². The molecule has 5 nitrogen and oxygen atoms in total. The highest BCUT2D eigenvalue weighted by Gasteiger charge is 2.27. The number of amides is 2. The van der Waals surface area contributed by atoms with Crippen LogP contribution < -0.4 is 10.6 Å². The van der Waals surface area contributed by atoms with Crippen molar-refractivity contribution in [1.29, 1.82) is 5.26 Å². The Labute approximate surface area is 191 Å². The number of fused-ring (bicyclic) bond motifs is 2. The third kappa shape index (κ3) is 3.86. The minimum absolute atomic E-state index is 0.343. The smallest absolute Gasteiger partial charge is 0.260 e. The molecule has 0 fully saturated rings. The van der Waals surface area contributed by atoms with E-state index in [4.69, 9.17) is 5.26 Å². The number of rotatable bonds is 4. The lowest BCUT2D eigenvalue weighted by atomic mass is 9.90. The van der Waals surface area contributed by atoms with Crippen LogP contribution in [0.1, 0.15) is 21.5 Å². The number of nitriles is 1. The maximum atomic E-state index is 12.7. The molecule has 2 amide bonds. The lowest BCUT2D eigenvalue weighted by Crippen LogP contribution is -2.36. The summed E-state index contributed by atoms with van der Waals surface area (Å²) in [5.74, 6) is -0.853. The van der Waals surface area contributed by atoms with Gasteiger partial charge in [-0.25, -0.2) is 0 Å². The van der Waals surface area contributed by atoms with Gasteiger partial charge in [0.05, 0.1) is 18.1 Å². The molecule has 0 radical (unpaired) electrons. The van der Waals surface area contributed by atoms with Crippen molar-refractivity contribution in [1.82, 2.24) is 5.32 Å². The summed E-state index contributed by atoms with van der Waals surface area (Å²) in [6, 6.07) is 29.4. The number of nitrogens with zero attached hydrogens (tertiary/aromatic N) is 1. The Kier molecular flexibility index (Phi) is 5.18. The lowest BCUT2D eigenvalue weighted by Gasteiger charge is -2.20. The van der Waals surface area contributed by atoms with Crippen LogP contribution in [0.25, 0.3) is 27.5 Å². The zero-order valence-electron chi connectivity index (χ0n) is 17.6. The Hall–Kier alpha value is -4.69. The molecule has 0 spiro atoms. The quantitative estimate of drug-likeness (QED) is 0.341. The van der Waals surface area contributed by atoms with Gasteiger partial charge in [-0.15, -0.1) is 0 Å². The summed E-state index contributed by atoms with van der Waals surface area (Å²) >= 11 is 0. The molecule has 1 aliphatic rings. The molecular weight excluding hydrogens is 410 g/mol. The van der Waals surface area contributed by atoms with Gasteiger partial charge in [0.1, 0.15) is 0 Å². The van der Waals surface area contributed by atoms with Crippen molar-refractivity contribution in [3.8, 4) is 17.2 Å². The van der Waals surface area contributed by atoms with E-state index in [1.54, 1.807) is 12.3 Å². The Bertz CT molecular complexity index is 1470. The summed E-state index contributed by atoms with van der Waals surface area (Å²) in [7, 11) is 0. The van der Waals surface area contributed by atoms with Gasteiger partial charge in [0.15, 0.2) is 0 Å². The van der Waals surface area contributed by atoms with E-state index in [2.05, 4.69) is 34.9 Å². The van der Waals surface area contributed by atoms with Crippen molar-refractivity contribution < 1.29 is 9.59 Å². The van der Waals surface area contributed by atoms with Crippen LogP contribution in [-0.2, 0) is 11.2 Å². The Morgan fingerprint density at radius 2 is 1.61 bits per heavy atom. The van der Waals surface area contributed by atoms with Gasteiger partial charge in [-0.1, -0.05) is 60.7 Å². The van der Waals surface area contributed by atoms with Crippen LogP contribution >= 0.6 is 0 Å². The SMILES string of the molecule is N#CCc1ccc(N/C=C2\C(=O)NC(=O)c3ccc(-c4cccc5ccccc45)cc32)cc1. The molecule has 158 valence electrons. The summed E-state index contributed by atoms with van der Waals surface area (Å²) < 4.78 is 0. The lowest BCUT2D eigenvalue weighted by molar-refractivity contribution is -0.114. The summed E-state index contributed by atoms with van der Waals surface area (Å²) in [5.41, 5.74) is 5.09. The number of anilines is 1. The second-order valence-corrected chi connectivity index (χ2v) is 7.80. The molecule has 0 unspecified atom stereocenters. The number of imide groups is 1. The first-order valence-corrected chi connectivity index (χ1v) is 10.5. The predicted molar refractivity (Wildman–Crippen MR) is 129 cm³/mol. The fourth-order valence-electron chi connectivity index (χ4n) is 4.08. The van der Waals surface area contributed by atoms with Crippen LogP contribution in [0.2, 0.25) is 0 Å². The molecule has 4 aromatic rings. The molecule has 2 N–H and O–H groups in total. The molecular formula is C28H19N3O2. The predicted octanol–water partition coefficient (Wildman–Crippen LogP) is 5.30. The molecule has 33 heavy (non-hydrogen) atoms. The summed E-state index contributed by atoms with van der Waals surface area (Å²) in [5, 5.41) is 16.6. The Morgan fingerprint density at radius 3 is 2.42 bits per heavy atom. The molecule has 4 aromatic carbocycles. The van der Waals surface area contributed by atoms with E-state index in [1.165, 1.54) is 0 Å². The zero-order chi connectivity index (χ0) is 22.8. The van der Waals surface area contributed by atoms with Crippen LogP contribution in [0.4, 0.5) is 5.69 Å². The van der Waals surface area contributed by atoms with Gasteiger partial charge in [-0.3, -0.25) is 14.9 Å². The molecule has 1 aliphatic heterocycles. The molecule has 0 aromatic heterocycles. The van der Waals surface area contributed by atoms with Crippen LogP contribution in [-0.4, -0.2) is 11.8 Å². The minimum Gasteiger partial charge on any atom is -0.361 e. The van der Waals surface area contributed by atoms with E-state index in [0.29, 0.717) is 23.1 Å². The first-order valence-electron chi connectivity index (χ1n) is 10.5. The van der Waals surface area contributed by atoms with Crippen molar-refractivity contribution in [3.05, 3.63) is 108 Å². The minimum atomic E-state index is -0.448. The molecule has 0 aliphatic carbocycles. The molecule has 0 saturated heterocycles. The van der Waals surface area contributed by atoms with E-state index < -0.39 is 11.8 Å². The molecule has 0 atom stereocenters. The Morgan fingerprint density at radius 1 is 0.818 bits per heavy atom. The summed E-state index contributed by atoms with van der Waals surface area (Å²) in [4.78, 5) is 25.2.